The Kier molecular flexibility index (Phi) is 4.94. The normalized spacial score (nSPS) is 18.1. The fourth-order valence-electron chi connectivity index (χ4n) is 3.46. The summed E-state index contributed by atoms with van der Waals surface area (Å²) in [4.78, 5) is 4.44. The first-order valence-corrected chi connectivity index (χ1v) is 8.82. The van der Waals surface area contributed by atoms with Crippen LogP contribution < -0.4 is 19.5 Å². The molecular weight excluding hydrogens is 338 g/mol. The van der Waals surface area contributed by atoms with Crippen molar-refractivity contribution >= 4 is 0 Å². The Labute approximate surface area is 151 Å². The highest BCUT2D eigenvalue weighted by Gasteiger charge is 2.30. The standard InChI is InChI=1S/C18H23N3O5/c1-11-20-18(26-21-11)16(13-3-5-23-6-4-13)19-9-12-7-14(22-2)17-15(8-12)24-10-25-17/h7-8,13,16,19H,3-6,9-10H2,1-2H3/t16-/m0/s1. The van der Waals surface area contributed by atoms with E-state index in [1.165, 1.54) is 0 Å². The van der Waals surface area contributed by atoms with Crippen molar-refractivity contribution in [2.75, 3.05) is 27.1 Å². The summed E-state index contributed by atoms with van der Waals surface area (Å²) in [6, 6.07) is 3.91. The predicted molar refractivity (Wildman–Crippen MR) is 91.3 cm³/mol. The lowest BCUT2D eigenvalue weighted by Gasteiger charge is -2.28. The van der Waals surface area contributed by atoms with Crippen molar-refractivity contribution in [3.05, 3.63) is 29.4 Å². The third-order valence-corrected chi connectivity index (χ3v) is 4.79. The molecule has 0 aliphatic carbocycles. The van der Waals surface area contributed by atoms with Crippen LogP contribution in [0.1, 0.15) is 36.2 Å². The molecule has 1 atom stereocenters. The van der Waals surface area contributed by atoms with Gasteiger partial charge in [0.25, 0.3) is 0 Å². The highest BCUT2D eigenvalue weighted by molar-refractivity contribution is 5.55. The van der Waals surface area contributed by atoms with Crippen LogP contribution in [0.15, 0.2) is 16.7 Å². The van der Waals surface area contributed by atoms with E-state index in [0.29, 0.717) is 41.4 Å². The van der Waals surface area contributed by atoms with E-state index in [2.05, 4.69) is 15.5 Å². The van der Waals surface area contributed by atoms with Gasteiger partial charge in [-0.3, -0.25) is 0 Å². The van der Waals surface area contributed by atoms with Gasteiger partial charge in [0.1, 0.15) is 0 Å². The summed E-state index contributed by atoms with van der Waals surface area (Å²) >= 11 is 0. The first-order valence-electron chi connectivity index (χ1n) is 8.82. The van der Waals surface area contributed by atoms with E-state index >= 15 is 0 Å². The molecule has 1 fully saturated rings. The minimum absolute atomic E-state index is 0.0171. The van der Waals surface area contributed by atoms with Crippen molar-refractivity contribution in [2.24, 2.45) is 5.92 Å². The SMILES string of the molecule is COc1cc(CN[C@H](c2nc(C)no2)C2CCOCC2)cc2c1OCO2. The van der Waals surface area contributed by atoms with E-state index < -0.39 is 0 Å². The number of nitrogens with zero attached hydrogens (tertiary/aromatic N) is 2. The number of methoxy groups -OCH3 is 1. The van der Waals surface area contributed by atoms with Crippen molar-refractivity contribution in [3.8, 4) is 17.2 Å². The lowest BCUT2D eigenvalue weighted by atomic mass is 9.91. The number of rotatable bonds is 6. The second-order valence-electron chi connectivity index (χ2n) is 6.52. The third kappa shape index (κ3) is 3.47. The molecule has 1 N–H and O–H groups in total. The minimum Gasteiger partial charge on any atom is -0.493 e. The lowest BCUT2D eigenvalue weighted by Crippen LogP contribution is -2.32. The van der Waals surface area contributed by atoms with Crippen molar-refractivity contribution < 1.29 is 23.5 Å². The molecule has 0 saturated carbocycles. The number of fused-ring (bicyclic) bond motifs is 1. The maximum atomic E-state index is 5.51. The molecule has 0 bridgehead atoms. The Morgan fingerprint density at radius 1 is 1.27 bits per heavy atom. The third-order valence-electron chi connectivity index (χ3n) is 4.79. The van der Waals surface area contributed by atoms with Crippen molar-refractivity contribution in [1.29, 1.82) is 0 Å². The Morgan fingerprint density at radius 3 is 2.85 bits per heavy atom. The first kappa shape index (κ1) is 17.1. The van der Waals surface area contributed by atoms with Gasteiger partial charge in [0.15, 0.2) is 17.3 Å². The first-order chi connectivity index (χ1) is 12.7. The lowest BCUT2D eigenvalue weighted by molar-refractivity contribution is 0.0485. The van der Waals surface area contributed by atoms with Crippen LogP contribution in [0.25, 0.3) is 0 Å². The molecule has 2 aromatic rings. The van der Waals surface area contributed by atoms with Gasteiger partial charge in [0.2, 0.25) is 18.4 Å². The van der Waals surface area contributed by atoms with E-state index in [1.54, 1.807) is 7.11 Å². The molecule has 0 spiro atoms. The maximum Gasteiger partial charge on any atom is 0.244 e. The number of nitrogens with one attached hydrogen (secondary N) is 1. The Morgan fingerprint density at radius 2 is 2.12 bits per heavy atom. The van der Waals surface area contributed by atoms with Gasteiger partial charge < -0.3 is 28.8 Å². The molecule has 140 valence electrons. The van der Waals surface area contributed by atoms with Crippen molar-refractivity contribution in [3.63, 3.8) is 0 Å². The maximum absolute atomic E-state index is 5.51. The van der Waals surface area contributed by atoms with Crippen LogP contribution in [0.2, 0.25) is 0 Å². The van der Waals surface area contributed by atoms with Gasteiger partial charge in [-0.25, -0.2) is 0 Å². The van der Waals surface area contributed by atoms with Crippen LogP contribution in [-0.2, 0) is 11.3 Å². The zero-order valence-electron chi connectivity index (χ0n) is 15.0. The average Bonchev–Trinajstić information content (AvgIpc) is 3.31. The smallest absolute Gasteiger partial charge is 0.244 e. The number of aryl methyl sites for hydroxylation is 1. The van der Waals surface area contributed by atoms with E-state index in [-0.39, 0.29) is 12.8 Å². The van der Waals surface area contributed by atoms with Crippen LogP contribution in [0.5, 0.6) is 17.2 Å². The molecule has 0 amide bonds. The summed E-state index contributed by atoms with van der Waals surface area (Å²) in [5.74, 6) is 3.69. The minimum atomic E-state index is -0.0171. The second-order valence-corrected chi connectivity index (χ2v) is 6.52. The van der Waals surface area contributed by atoms with Gasteiger partial charge in [-0.1, -0.05) is 5.16 Å². The zero-order chi connectivity index (χ0) is 17.9. The van der Waals surface area contributed by atoms with E-state index in [4.69, 9.17) is 23.5 Å². The molecule has 2 aliphatic rings. The van der Waals surface area contributed by atoms with Crippen LogP contribution in [0, 0.1) is 12.8 Å². The van der Waals surface area contributed by atoms with E-state index in [1.807, 2.05) is 19.1 Å². The molecule has 1 aromatic carbocycles. The fraction of sp³-hybridized carbons (Fsp3) is 0.556. The van der Waals surface area contributed by atoms with Gasteiger partial charge in [0.05, 0.1) is 13.2 Å². The molecular formula is C18H23N3O5. The van der Waals surface area contributed by atoms with Crippen LogP contribution >= 0.6 is 0 Å². The Hall–Kier alpha value is -2.32. The molecule has 0 unspecified atom stereocenters. The summed E-state index contributed by atoms with van der Waals surface area (Å²) in [5, 5.41) is 7.52. The molecule has 26 heavy (non-hydrogen) atoms. The average molecular weight is 361 g/mol. The Balaban J connectivity index is 1.53. The molecule has 0 radical (unpaired) electrons. The predicted octanol–water partition coefficient (Wildman–Crippen LogP) is 2.37. The molecule has 8 nitrogen and oxygen atoms in total. The van der Waals surface area contributed by atoms with Gasteiger partial charge >= 0.3 is 0 Å². The highest BCUT2D eigenvalue weighted by Crippen LogP contribution is 2.42. The quantitative estimate of drug-likeness (QED) is 0.839. The van der Waals surface area contributed by atoms with Gasteiger partial charge in [-0.2, -0.15) is 4.98 Å². The molecule has 3 heterocycles. The summed E-state index contributed by atoms with van der Waals surface area (Å²) in [7, 11) is 1.63. The van der Waals surface area contributed by atoms with Crippen LogP contribution in [0.4, 0.5) is 0 Å². The second kappa shape index (κ2) is 7.51. The monoisotopic (exact) mass is 361 g/mol. The zero-order valence-corrected chi connectivity index (χ0v) is 15.0. The number of benzene rings is 1. The number of ether oxygens (including phenoxy) is 4. The van der Waals surface area contributed by atoms with Crippen LogP contribution in [-0.4, -0.2) is 37.3 Å². The van der Waals surface area contributed by atoms with Gasteiger partial charge in [-0.15, -0.1) is 0 Å². The summed E-state index contributed by atoms with van der Waals surface area (Å²) in [6.45, 7) is 4.18. The number of aromatic nitrogens is 2. The van der Waals surface area contributed by atoms with Gasteiger partial charge in [-0.05, 0) is 43.4 Å². The van der Waals surface area contributed by atoms with Crippen molar-refractivity contribution in [1.82, 2.24) is 15.5 Å². The molecule has 4 rings (SSSR count). The molecule has 8 heteroatoms. The molecule has 1 aromatic heterocycles. The number of hydrogen-bond acceptors (Lipinski definition) is 8. The summed E-state index contributed by atoms with van der Waals surface area (Å²) in [5.41, 5.74) is 1.04. The van der Waals surface area contributed by atoms with E-state index in [9.17, 15) is 0 Å². The van der Waals surface area contributed by atoms with Crippen molar-refractivity contribution in [2.45, 2.75) is 32.4 Å². The topological polar surface area (TPSA) is 87.9 Å². The summed E-state index contributed by atoms with van der Waals surface area (Å²) in [6.07, 6.45) is 1.92. The van der Waals surface area contributed by atoms with Gasteiger partial charge in [0, 0.05) is 19.8 Å². The highest BCUT2D eigenvalue weighted by atomic mass is 16.7. The van der Waals surface area contributed by atoms with Crippen LogP contribution in [0.3, 0.4) is 0 Å². The number of hydrogen-bond donors (Lipinski definition) is 1. The molecule has 1 saturated heterocycles. The summed E-state index contributed by atoms with van der Waals surface area (Å²) < 4.78 is 27.3. The van der Waals surface area contributed by atoms with E-state index in [0.717, 1.165) is 31.6 Å². The molecule has 2 aliphatic heterocycles. The Bertz CT molecular complexity index is 757. The fourth-order valence-corrected chi connectivity index (χ4v) is 3.46. The largest absolute Gasteiger partial charge is 0.493 e.